The maximum Gasteiger partial charge on any atom is 0.0778 e. The SMILES string of the molecule is Cc1c(N)cnn1[C@@H]1CCOC1. The summed E-state index contributed by atoms with van der Waals surface area (Å²) in [5.74, 6) is 0. The van der Waals surface area contributed by atoms with E-state index in [9.17, 15) is 0 Å². The van der Waals surface area contributed by atoms with Gasteiger partial charge in [-0.05, 0) is 13.3 Å². The minimum absolute atomic E-state index is 0.391. The predicted molar refractivity (Wildman–Crippen MR) is 45.8 cm³/mol. The standard InChI is InChI=1S/C8H13N3O/c1-6-8(9)4-10-11(6)7-2-3-12-5-7/h4,7H,2-3,5,9H2,1H3/t7-/m1/s1. The van der Waals surface area contributed by atoms with Crippen LogP contribution in [0.15, 0.2) is 6.20 Å². The molecule has 1 aliphatic heterocycles. The van der Waals surface area contributed by atoms with Crippen LogP contribution >= 0.6 is 0 Å². The second kappa shape index (κ2) is 2.79. The van der Waals surface area contributed by atoms with Crippen LogP contribution in [-0.4, -0.2) is 23.0 Å². The summed E-state index contributed by atoms with van der Waals surface area (Å²) in [7, 11) is 0. The minimum atomic E-state index is 0.391. The van der Waals surface area contributed by atoms with Crippen molar-refractivity contribution < 1.29 is 4.74 Å². The summed E-state index contributed by atoms with van der Waals surface area (Å²) in [6.07, 6.45) is 2.75. The number of rotatable bonds is 1. The monoisotopic (exact) mass is 167 g/mol. The molecule has 1 fully saturated rings. The van der Waals surface area contributed by atoms with Crippen LogP contribution in [-0.2, 0) is 4.74 Å². The largest absolute Gasteiger partial charge is 0.396 e. The first kappa shape index (κ1) is 7.61. The van der Waals surface area contributed by atoms with Gasteiger partial charge in [0, 0.05) is 6.61 Å². The Morgan fingerprint density at radius 3 is 3.08 bits per heavy atom. The molecular weight excluding hydrogens is 154 g/mol. The van der Waals surface area contributed by atoms with E-state index < -0.39 is 0 Å². The number of hydrogen-bond acceptors (Lipinski definition) is 3. The van der Waals surface area contributed by atoms with Gasteiger partial charge >= 0.3 is 0 Å². The number of aromatic nitrogens is 2. The number of anilines is 1. The van der Waals surface area contributed by atoms with Crippen LogP contribution in [0.2, 0.25) is 0 Å². The molecule has 1 aromatic heterocycles. The quantitative estimate of drug-likeness (QED) is 0.671. The van der Waals surface area contributed by atoms with Gasteiger partial charge in [-0.25, -0.2) is 0 Å². The molecule has 0 radical (unpaired) electrons. The molecule has 0 aliphatic carbocycles. The van der Waals surface area contributed by atoms with Crippen molar-refractivity contribution in [3.05, 3.63) is 11.9 Å². The molecule has 1 aliphatic rings. The van der Waals surface area contributed by atoms with E-state index in [1.807, 2.05) is 11.6 Å². The molecule has 4 heteroatoms. The highest BCUT2D eigenvalue weighted by atomic mass is 16.5. The number of nitrogens with zero attached hydrogens (tertiary/aromatic N) is 2. The Kier molecular flexibility index (Phi) is 1.77. The zero-order valence-electron chi connectivity index (χ0n) is 7.16. The molecule has 2 rings (SSSR count). The van der Waals surface area contributed by atoms with Crippen LogP contribution in [0.3, 0.4) is 0 Å². The third-order valence-corrected chi connectivity index (χ3v) is 2.33. The first-order valence-corrected chi connectivity index (χ1v) is 4.16. The highest BCUT2D eigenvalue weighted by molar-refractivity contribution is 5.39. The number of hydrogen-bond donors (Lipinski definition) is 1. The average molecular weight is 167 g/mol. The molecule has 4 nitrogen and oxygen atoms in total. The Balaban J connectivity index is 2.26. The van der Waals surface area contributed by atoms with Crippen LogP contribution in [0.25, 0.3) is 0 Å². The zero-order chi connectivity index (χ0) is 8.55. The number of nitrogens with two attached hydrogens (primary N) is 1. The molecule has 0 bridgehead atoms. The second-order valence-corrected chi connectivity index (χ2v) is 3.15. The summed E-state index contributed by atoms with van der Waals surface area (Å²) in [5, 5.41) is 4.21. The van der Waals surface area contributed by atoms with Gasteiger partial charge < -0.3 is 10.5 Å². The fourth-order valence-corrected chi connectivity index (χ4v) is 1.52. The third kappa shape index (κ3) is 1.08. The van der Waals surface area contributed by atoms with Crippen molar-refractivity contribution in [2.45, 2.75) is 19.4 Å². The van der Waals surface area contributed by atoms with Crippen molar-refractivity contribution in [1.82, 2.24) is 9.78 Å². The Labute approximate surface area is 71.3 Å². The Morgan fingerprint density at radius 1 is 1.75 bits per heavy atom. The van der Waals surface area contributed by atoms with Crippen molar-refractivity contribution in [1.29, 1.82) is 0 Å². The Hall–Kier alpha value is -1.03. The summed E-state index contributed by atoms with van der Waals surface area (Å²) in [6.45, 7) is 3.59. The van der Waals surface area contributed by atoms with Gasteiger partial charge in [-0.2, -0.15) is 5.10 Å². The molecule has 66 valence electrons. The highest BCUT2D eigenvalue weighted by Gasteiger charge is 2.19. The molecule has 0 amide bonds. The Bertz CT molecular complexity index is 276. The first-order valence-electron chi connectivity index (χ1n) is 4.16. The summed E-state index contributed by atoms with van der Waals surface area (Å²) in [5.41, 5.74) is 7.50. The van der Waals surface area contributed by atoms with Crippen molar-refractivity contribution in [2.75, 3.05) is 18.9 Å². The van der Waals surface area contributed by atoms with Crippen LogP contribution in [0.4, 0.5) is 5.69 Å². The van der Waals surface area contributed by atoms with E-state index in [4.69, 9.17) is 10.5 Å². The summed E-state index contributed by atoms with van der Waals surface area (Å²) >= 11 is 0. The van der Waals surface area contributed by atoms with Crippen molar-refractivity contribution in [3.63, 3.8) is 0 Å². The maximum absolute atomic E-state index is 5.68. The van der Waals surface area contributed by atoms with Crippen LogP contribution < -0.4 is 5.73 Å². The van der Waals surface area contributed by atoms with Gasteiger partial charge in [0.1, 0.15) is 0 Å². The van der Waals surface area contributed by atoms with E-state index in [1.54, 1.807) is 6.20 Å². The van der Waals surface area contributed by atoms with Crippen LogP contribution in [0, 0.1) is 6.92 Å². The average Bonchev–Trinajstić information content (AvgIpc) is 2.64. The highest BCUT2D eigenvalue weighted by Crippen LogP contribution is 2.21. The molecule has 0 spiro atoms. The lowest BCUT2D eigenvalue weighted by atomic mass is 10.2. The van der Waals surface area contributed by atoms with Crippen molar-refractivity contribution in [2.24, 2.45) is 0 Å². The van der Waals surface area contributed by atoms with Crippen LogP contribution in [0.1, 0.15) is 18.2 Å². The summed E-state index contributed by atoms with van der Waals surface area (Å²) < 4.78 is 7.23. The van der Waals surface area contributed by atoms with E-state index in [0.717, 1.165) is 31.0 Å². The van der Waals surface area contributed by atoms with Gasteiger partial charge in [0.25, 0.3) is 0 Å². The molecular formula is C8H13N3O. The smallest absolute Gasteiger partial charge is 0.0778 e. The summed E-state index contributed by atoms with van der Waals surface area (Å²) in [6, 6.07) is 0.391. The molecule has 1 aromatic rings. The van der Waals surface area contributed by atoms with E-state index in [0.29, 0.717) is 6.04 Å². The molecule has 12 heavy (non-hydrogen) atoms. The predicted octanol–water partition coefficient (Wildman–Crippen LogP) is 0.735. The Morgan fingerprint density at radius 2 is 2.58 bits per heavy atom. The van der Waals surface area contributed by atoms with Gasteiger partial charge in [-0.1, -0.05) is 0 Å². The molecule has 2 N–H and O–H groups in total. The fourth-order valence-electron chi connectivity index (χ4n) is 1.52. The van der Waals surface area contributed by atoms with Gasteiger partial charge in [0.2, 0.25) is 0 Å². The van der Waals surface area contributed by atoms with Gasteiger partial charge in [-0.3, -0.25) is 4.68 Å². The summed E-state index contributed by atoms with van der Waals surface area (Å²) in [4.78, 5) is 0. The van der Waals surface area contributed by atoms with E-state index in [-0.39, 0.29) is 0 Å². The lowest BCUT2D eigenvalue weighted by Crippen LogP contribution is -2.11. The topological polar surface area (TPSA) is 53.1 Å². The van der Waals surface area contributed by atoms with Gasteiger partial charge in [-0.15, -0.1) is 0 Å². The maximum atomic E-state index is 5.68. The van der Waals surface area contributed by atoms with Crippen molar-refractivity contribution >= 4 is 5.69 Å². The van der Waals surface area contributed by atoms with Gasteiger partial charge in [0.05, 0.1) is 30.2 Å². The zero-order valence-corrected chi connectivity index (χ0v) is 7.16. The molecule has 1 atom stereocenters. The van der Waals surface area contributed by atoms with E-state index in [1.165, 1.54) is 0 Å². The molecule has 0 saturated carbocycles. The number of nitrogen functional groups attached to an aromatic ring is 1. The van der Waals surface area contributed by atoms with Crippen molar-refractivity contribution in [3.8, 4) is 0 Å². The van der Waals surface area contributed by atoms with Gasteiger partial charge in [0.15, 0.2) is 0 Å². The van der Waals surface area contributed by atoms with E-state index in [2.05, 4.69) is 5.10 Å². The lowest BCUT2D eigenvalue weighted by molar-refractivity contribution is 0.184. The second-order valence-electron chi connectivity index (χ2n) is 3.15. The van der Waals surface area contributed by atoms with E-state index >= 15 is 0 Å². The molecule has 0 aromatic carbocycles. The first-order chi connectivity index (χ1) is 5.79. The lowest BCUT2D eigenvalue weighted by Gasteiger charge is -2.10. The molecule has 2 heterocycles. The third-order valence-electron chi connectivity index (χ3n) is 2.33. The minimum Gasteiger partial charge on any atom is -0.396 e. The fraction of sp³-hybridized carbons (Fsp3) is 0.625. The molecule has 0 unspecified atom stereocenters. The van der Waals surface area contributed by atoms with Crippen LogP contribution in [0.5, 0.6) is 0 Å². The molecule has 1 saturated heterocycles. The normalized spacial score (nSPS) is 23.2. The number of ether oxygens (including phenoxy) is 1.